The Morgan fingerprint density at radius 2 is 1.94 bits per heavy atom. The van der Waals surface area contributed by atoms with Crippen molar-refractivity contribution in [2.75, 3.05) is 11.1 Å². The summed E-state index contributed by atoms with van der Waals surface area (Å²) in [5.41, 5.74) is 3.15. The molecule has 0 radical (unpaired) electrons. The Labute approximate surface area is 220 Å². The number of halogens is 3. The van der Waals surface area contributed by atoms with Crippen molar-refractivity contribution in [3.8, 4) is 0 Å². The second kappa shape index (κ2) is 11.9. The van der Waals surface area contributed by atoms with Gasteiger partial charge in [-0.2, -0.15) is 0 Å². The predicted octanol–water partition coefficient (Wildman–Crippen LogP) is 5.81. The Hall–Kier alpha value is -2.33. The van der Waals surface area contributed by atoms with Gasteiger partial charge in [-0.05, 0) is 55.3 Å². The van der Waals surface area contributed by atoms with Crippen LogP contribution >= 0.6 is 50.9 Å². The molecule has 1 heterocycles. The molecule has 0 aliphatic carbocycles. The van der Waals surface area contributed by atoms with Crippen molar-refractivity contribution in [3.05, 3.63) is 80.0 Å². The third kappa shape index (κ3) is 6.41. The molecule has 0 spiro atoms. The van der Waals surface area contributed by atoms with Crippen LogP contribution in [-0.4, -0.2) is 32.3 Å². The van der Waals surface area contributed by atoms with Crippen molar-refractivity contribution < 1.29 is 9.59 Å². The minimum atomic E-state index is -0.358. The smallest absolute Gasteiger partial charge is 0.253 e. The average molecular weight is 583 g/mol. The highest BCUT2D eigenvalue weighted by molar-refractivity contribution is 9.10. The third-order valence-electron chi connectivity index (χ3n) is 5.02. The van der Waals surface area contributed by atoms with E-state index in [4.69, 9.17) is 23.2 Å². The lowest BCUT2D eigenvalue weighted by Gasteiger charge is -2.12. The molecule has 3 rings (SSSR count). The molecule has 0 aliphatic heterocycles. The molecule has 0 aliphatic rings. The van der Waals surface area contributed by atoms with Crippen LogP contribution in [0.25, 0.3) is 0 Å². The molecule has 2 amide bonds. The number of benzene rings is 2. The highest BCUT2D eigenvalue weighted by atomic mass is 79.9. The van der Waals surface area contributed by atoms with Gasteiger partial charge in [0, 0.05) is 21.7 Å². The number of hydrogen-bond donors (Lipinski definition) is 2. The fraction of sp³-hybridized carbons (Fsp3) is 0.217. The van der Waals surface area contributed by atoms with Crippen LogP contribution in [0.4, 0.5) is 5.69 Å². The quantitative estimate of drug-likeness (QED) is 0.245. The summed E-state index contributed by atoms with van der Waals surface area (Å²) in [5, 5.41) is 15.3. The number of hydrogen-bond acceptors (Lipinski definition) is 5. The zero-order valence-electron chi connectivity index (χ0n) is 18.5. The minimum absolute atomic E-state index is 0.128. The fourth-order valence-corrected chi connectivity index (χ4v) is 4.73. The third-order valence-corrected chi connectivity index (χ3v) is 7.39. The SMILES string of the molecule is C=CCn1c(CNC(=O)c2ccc(Cl)cc2Cl)nnc1SCC(=O)Nc1ccc(Br)c(C)c1C. The maximum absolute atomic E-state index is 12.5. The Morgan fingerprint density at radius 3 is 2.65 bits per heavy atom. The predicted molar refractivity (Wildman–Crippen MR) is 141 cm³/mol. The van der Waals surface area contributed by atoms with E-state index in [-0.39, 0.29) is 29.1 Å². The summed E-state index contributed by atoms with van der Waals surface area (Å²) in [5.74, 6) is 0.163. The summed E-state index contributed by atoms with van der Waals surface area (Å²) >= 11 is 16.7. The lowest BCUT2D eigenvalue weighted by Crippen LogP contribution is -2.25. The minimum Gasteiger partial charge on any atom is -0.345 e. The number of amides is 2. The molecular formula is C23H22BrCl2N5O2S. The van der Waals surface area contributed by atoms with Gasteiger partial charge >= 0.3 is 0 Å². The van der Waals surface area contributed by atoms with Crippen LogP contribution in [0.3, 0.4) is 0 Å². The molecule has 178 valence electrons. The van der Waals surface area contributed by atoms with Crippen molar-refractivity contribution in [3.63, 3.8) is 0 Å². The first kappa shape index (κ1) is 26.3. The Bertz CT molecular complexity index is 1250. The second-order valence-electron chi connectivity index (χ2n) is 7.29. The standard InChI is InChI=1S/C23H22BrCl2N5O2S/c1-4-9-31-20(11-27-22(33)16-6-5-15(25)10-18(16)26)29-30-23(31)34-12-21(32)28-19-8-7-17(24)13(2)14(19)3/h4-8,10H,1,9,11-12H2,2-3H3,(H,27,33)(H,28,32). The van der Waals surface area contributed by atoms with E-state index in [0.29, 0.717) is 28.1 Å². The van der Waals surface area contributed by atoms with Gasteiger partial charge in [0.2, 0.25) is 5.91 Å². The number of rotatable bonds is 9. The average Bonchev–Trinajstić information content (AvgIpc) is 3.18. The first-order valence-electron chi connectivity index (χ1n) is 10.2. The van der Waals surface area contributed by atoms with Crippen LogP contribution in [0.1, 0.15) is 27.3 Å². The molecular weight excluding hydrogens is 561 g/mol. The number of anilines is 1. The van der Waals surface area contributed by atoms with E-state index in [9.17, 15) is 9.59 Å². The molecule has 3 aromatic rings. The molecule has 2 aromatic carbocycles. The number of carbonyl (C=O) groups excluding carboxylic acids is 2. The molecule has 0 unspecified atom stereocenters. The number of nitrogens with zero attached hydrogens (tertiary/aromatic N) is 3. The summed E-state index contributed by atoms with van der Waals surface area (Å²) < 4.78 is 2.79. The van der Waals surface area contributed by atoms with Gasteiger partial charge in [-0.3, -0.25) is 9.59 Å². The zero-order chi connectivity index (χ0) is 24.8. The van der Waals surface area contributed by atoms with Crippen LogP contribution in [0.15, 0.2) is 52.6 Å². The van der Waals surface area contributed by atoms with E-state index in [1.54, 1.807) is 22.8 Å². The van der Waals surface area contributed by atoms with Crippen molar-refractivity contribution in [1.29, 1.82) is 0 Å². The first-order chi connectivity index (χ1) is 16.2. The van der Waals surface area contributed by atoms with Crippen LogP contribution in [0.5, 0.6) is 0 Å². The summed E-state index contributed by atoms with van der Waals surface area (Å²) in [6.45, 7) is 8.27. The van der Waals surface area contributed by atoms with Crippen LogP contribution in [0, 0.1) is 13.8 Å². The van der Waals surface area contributed by atoms with E-state index < -0.39 is 0 Å². The molecule has 0 saturated heterocycles. The lowest BCUT2D eigenvalue weighted by molar-refractivity contribution is -0.113. The van der Waals surface area contributed by atoms with E-state index >= 15 is 0 Å². The van der Waals surface area contributed by atoms with Crippen LogP contribution in [-0.2, 0) is 17.9 Å². The summed E-state index contributed by atoms with van der Waals surface area (Å²) in [4.78, 5) is 25.0. The first-order valence-corrected chi connectivity index (χ1v) is 12.7. The highest BCUT2D eigenvalue weighted by Crippen LogP contribution is 2.26. The Kier molecular flexibility index (Phi) is 9.18. The van der Waals surface area contributed by atoms with Gasteiger partial charge in [0.15, 0.2) is 11.0 Å². The highest BCUT2D eigenvalue weighted by Gasteiger charge is 2.17. The van der Waals surface area contributed by atoms with Crippen LogP contribution in [0.2, 0.25) is 10.0 Å². The van der Waals surface area contributed by atoms with E-state index in [1.165, 1.54) is 17.8 Å². The molecule has 0 saturated carbocycles. The number of carbonyl (C=O) groups is 2. The molecule has 7 nitrogen and oxygen atoms in total. The van der Waals surface area contributed by atoms with Crippen molar-refractivity contribution in [1.82, 2.24) is 20.1 Å². The molecule has 2 N–H and O–H groups in total. The van der Waals surface area contributed by atoms with E-state index in [1.807, 2.05) is 26.0 Å². The van der Waals surface area contributed by atoms with Crippen molar-refractivity contribution in [2.24, 2.45) is 0 Å². The Morgan fingerprint density at radius 1 is 1.18 bits per heavy atom. The van der Waals surface area contributed by atoms with Crippen LogP contribution < -0.4 is 10.6 Å². The molecule has 0 atom stereocenters. The maximum atomic E-state index is 12.5. The van der Waals surface area contributed by atoms with Crippen molar-refractivity contribution in [2.45, 2.75) is 32.1 Å². The van der Waals surface area contributed by atoms with Gasteiger partial charge < -0.3 is 15.2 Å². The largest absolute Gasteiger partial charge is 0.345 e. The van der Waals surface area contributed by atoms with Gasteiger partial charge in [0.25, 0.3) is 5.91 Å². The zero-order valence-corrected chi connectivity index (χ0v) is 22.4. The summed E-state index contributed by atoms with van der Waals surface area (Å²) in [7, 11) is 0. The van der Waals surface area contributed by atoms with Gasteiger partial charge in [-0.1, -0.05) is 57.0 Å². The molecule has 34 heavy (non-hydrogen) atoms. The molecule has 1 aromatic heterocycles. The molecule has 0 bridgehead atoms. The van der Waals surface area contributed by atoms with Gasteiger partial charge in [0.1, 0.15) is 0 Å². The lowest BCUT2D eigenvalue weighted by atomic mass is 10.1. The van der Waals surface area contributed by atoms with E-state index in [0.717, 1.165) is 21.3 Å². The maximum Gasteiger partial charge on any atom is 0.253 e. The van der Waals surface area contributed by atoms with Gasteiger partial charge in [-0.15, -0.1) is 16.8 Å². The van der Waals surface area contributed by atoms with Gasteiger partial charge in [-0.25, -0.2) is 0 Å². The molecule has 11 heteroatoms. The number of nitrogens with one attached hydrogen (secondary N) is 2. The monoisotopic (exact) mass is 581 g/mol. The number of allylic oxidation sites excluding steroid dienone is 1. The topological polar surface area (TPSA) is 88.9 Å². The Balaban J connectivity index is 1.64. The van der Waals surface area contributed by atoms with Crippen molar-refractivity contribution >= 4 is 68.4 Å². The second-order valence-corrected chi connectivity index (χ2v) is 9.93. The molecule has 0 fully saturated rings. The normalized spacial score (nSPS) is 10.7. The van der Waals surface area contributed by atoms with E-state index in [2.05, 4.69) is 43.3 Å². The number of thioether (sulfide) groups is 1. The fourth-order valence-electron chi connectivity index (χ4n) is 3.04. The summed E-state index contributed by atoms with van der Waals surface area (Å²) in [6, 6.07) is 8.43. The van der Waals surface area contributed by atoms with Gasteiger partial charge in [0.05, 0.1) is 22.9 Å². The summed E-state index contributed by atoms with van der Waals surface area (Å²) in [6.07, 6.45) is 1.70. The number of aromatic nitrogens is 3.